The third kappa shape index (κ3) is 4.56. The molecule has 2 aromatic rings. The second-order valence-electron chi connectivity index (χ2n) is 7.77. The van der Waals surface area contributed by atoms with E-state index in [0.717, 1.165) is 37.7 Å². The molecule has 0 bridgehead atoms. The van der Waals surface area contributed by atoms with Gasteiger partial charge < -0.3 is 10.1 Å². The summed E-state index contributed by atoms with van der Waals surface area (Å²) >= 11 is 0. The number of carbonyl (C=O) groups excluding carboxylic acids is 1. The summed E-state index contributed by atoms with van der Waals surface area (Å²) in [6.07, 6.45) is 1.85. The highest BCUT2D eigenvalue weighted by atomic mass is 16.5. The van der Waals surface area contributed by atoms with Crippen molar-refractivity contribution in [3.8, 4) is 0 Å². The van der Waals surface area contributed by atoms with E-state index in [1.54, 1.807) is 0 Å². The van der Waals surface area contributed by atoms with Crippen molar-refractivity contribution >= 4 is 5.91 Å². The molecule has 1 saturated heterocycles. The SMILES string of the molecule is Cc1ccc(C2(CNC(=O)C(C)Cn3nc(C)nc3C)CCOCC2)cc1. The molecule has 1 N–H and O–H groups in total. The molecule has 146 valence electrons. The number of rotatable bonds is 6. The largest absolute Gasteiger partial charge is 0.381 e. The van der Waals surface area contributed by atoms with Crippen molar-refractivity contribution in [1.29, 1.82) is 0 Å². The third-order valence-electron chi connectivity index (χ3n) is 5.57. The van der Waals surface area contributed by atoms with Gasteiger partial charge in [0.15, 0.2) is 0 Å². The summed E-state index contributed by atoms with van der Waals surface area (Å²) < 4.78 is 7.40. The highest BCUT2D eigenvalue weighted by Gasteiger charge is 2.35. The van der Waals surface area contributed by atoms with Crippen LogP contribution in [0.2, 0.25) is 0 Å². The number of hydrogen-bond donors (Lipinski definition) is 1. The van der Waals surface area contributed by atoms with Crippen LogP contribution in [0.4, 0.5) is 0 Å². The van der Waals surface area contributed by atoms with Crippen molar-refractivity contribution in [2.24, 2.45) is 5.92 Å². The third-order valence-corrected chi connectivity index (χ3v) is 5.57. The average Bonchev–Trinajstić information content (AvgIpc) is 2.98. The lowest BCUT2D eigenvalue weighted by Gasteiger charge is -2.38. The lowest BCUT2D eigenvalue weighted by molar-refractivity contribution is -0.125. The van der Waals surface area contributed by atoms with E-state index in [1.807, 2.05) is 25.5 Å². The van der Waals surface area contributed by atoms with Gasteiger partial charge >= 0.3 is 0 Å². The van der Waals surface area contributed by atoms with Crippen LogP contribution in [0, 0.1) is 26.7 Å². The number of carbonyl (C=O) groups is 1. The molecular formula is C21H30N4O2. The van der Waals surface area contributed by atoms with Crippen molar-refractivity contribution in [2.75, 3.05) is 19.8 Å². The first-order valence-electron chi connectivity index (χ1n) is 9.70. The van der Waals surface area contributed by atoms with Gasteiger partial charge in [0, 0.05) is 25.2 Å². The van der Waals surface area contributed by atoms with Gasteiger partial charge in [0.2, 0.25) is 5.91 Å². The molecule has 1 fully saturated rings. The molecule has 6 nitrogen and oxygen atoms in total. The Kier molecular flexibility index (Phi) is 5.95. The number of nitrogens with one attached hydrogen (secondary N) is 1. The van der Waals surface area contributed by atoms with Crippen LogP contribution in [0.5, 0.6) is 0 Å². The number of aryl methyl sites for hydroxylation is 3. The van der Waals surface area contributed by atoms with Gasteiger partial charge in [-0.2, -0.15) is 5.10 Å². The van der Waals surface area contributed by atoms with Crippen molar-refractivity contribution < 1.29 is 9.53 Å². The minimum atomic E-state index is -0.167. The smallest absolute Gasteiger partial charge is 0.224 e. The van der Waals surface area contributed by atoms with E-state index in [-0.39, 0.29) is 17.2 Å². The fourth-order valence-corrected chi connectivity index (χ4v) is 3.74. The van der Waals surface area contributed by atoms with Gasteiger partial charge in [0.05, 0.1) is 12.5 Å². The predicted molar refractivity (Wildman–Crippen MR) is 105 cm³/mol. The highest BCUT2D eigenvalue weighted by Crippen LogP contribution is 2.34. The van der Waals surface area contributed by atoms with Crippen LogP contribution in [0.15, 0.2) is 24.3 Å². The van der Waals surface area contributed by atoms with Gasteiger partial charge in [-0.3, -0.25) is 4.79 Å². The van der Waals surface area contributed by atoms with Crippen LogP contribution < -0.4 is 5.32 Å². The van der Waals surface area contributed by atoms with Crippen LogP contribution >= 0.6 is 0 Å². The molecule has 6 heteroatoms. The molecule has 1 aliphatic rings. The normalized spacial score (nSPS) is 17.5. The van der Waals surface area contributed by atoms with Crippen LogP contribution in [0.25, 0.3) is 0 Å². The maximum atomic E-state index is 12.7. The number of amides is 1. The Bertz CT molecular complexity index is 776. The molecule has 1 aliphatic heterocycles. The van der Waals surface area contributed by atoms with Gasteiger partial charge in [-0.25, -0.2) is 9.67 Å². The molecule has 1 unspecified atom stereocenters. The van der Waals surface area contributed by atoms with Crippen molar-refractivity contribution in [3.05, 3.63) is 47.0 Å². The van der Waals surface area contributed by atoms with Crippen LogP contribution in [-0.4, -0.2) is 40.4 Å². The molecule has 2 heterocycles. The zero-order valence-electron chi connectivity index (χ0n) is 16.8. The van der Waals surface area contributed by atoms with Crippen molar-refractivity contribution in [1.82, 2.24) is 20.1 Å². The Morgan fingerprint density at radius 3 is 2.48 bits per heavy atom. The molecule has 1 aromatic heterocycles. The average molecular weight is 370 g/mol. The van der Waals surface area contributed by atoms with E-state index >= 15 is 0 Å². The van der Waals surface area contributed by atoms with Crippen LogP contribution in [0.3, 0.4) is 0 Å². The Morgan fingerprint density at radius 2 is 1.89 bits per heavy atom. The quantitative estimate of drug-likeness (QED) is 0.849. The Hall–Kier alpha value is -2.21. The van der Waals surface area contributed by atoms with Gasteiger partial charge in [-0.1, -0.05) is 36.8 Å². The second-order valence-corrected chi connectivity index (χ2v) is 7.77. The van der Waals surface area contributed by atoms with E-state index in [4.69, 9.17) is 4.74 Å². The Labute approximate surface area is 161 Å². The van der Waals surface area contributed by atoms with E-state index in [1.165, 1.54) is 11.1 Å². The van der Waals surface area contributed by atoms with E-state index < -0.39 is 0 Å². The lowest BCUT2D eigenvalue weighted by Crippen LogP contribution is -2.46. The first kappa shape index (κ1) is 19.5. The topological polar surface area (TPSA) is 69.0 Å². The summed E-state index contributed by atoms with van der Waals surface area (Å²) in [6.45, 7) is 10.5. The Morgan fingerprint density at radius 1 is 1.22 bits per heavy atom. The molecule has 1 aromatic carbocycles. The standard InChI is InChI=1S/C21H30N4O2/c1-15-5-7-19(8-6-15)21(9-11-27-12-10-21)14-22-20(26)16(2)13-25-18(4)23-17(3)24-25/h5-8,16H,9-14H2,1-4H3,(H,22,26). The van der Waals surface area contributed by atoms with E-state index in [2.05, 4.69) is 46.6 Å². The number of hydrogen-bond acceptors (Lipinski definition) is 4. The van der Waals surface area contributed by atoms with Gasteiger partial charge in [-0.05, 0) is 39.2 Å². The molecule has 1 amide bonds. The van der Waals surface area contributed by atoms with Crippen LogP contribution in [0.1, 0.15) is 42.5 Å². The summed E-state index contributed by atoms with van der Waals surface area (Å²) in [5.74, 6) is 1.47. The van der Waals surface area contributed by atoms with E-state index in [9.17, 15) is 4.79 Å². The minimum Gasteiger partial charge on any atom is -0.381 e. The molecule has 0 aliphatic carbocycles. The summed E-state index contributed by atoms with van der Waals surface area (Å²) in [6, 6.07) is 8.68. The van der Waals surface area contributed by atoms with E-state index in [0.29, 0.717) is 13.1 Å². The first-order chi connectivity index (χ1) is 12.9. The first-order valence-corrected chi connectivity index (χ1v) is 9.70. The predicted octanol–water partition coefficient (Wildman–Crippen LogP) is 2.70. The number of ether oxygens (including phenoxy) is 1. The zero-order chi connectivity index (χ0) is 19.4. The molecule has 3 rings (SSSR count). The number of nitrogens with zero attached hydrogens (tertiary/aromatic N) is 3. The van der Waals surface area contributed by atoms with Gasteiger partial charge in [-0.15, -0.1) is 0 Å². The summed E-state index contributed by atoms with van der Waals surface area (Å²) in [4.78, 5) is 17.0. The zero-order valence-corrected chi connectivity index (χ0v) is 16.8. The minimum absolute atomic E-state index is 0.0545. The molecule has 1 atom stereocenters. The maximum Gasteiger partial charge on any atom is 0.224 e. The van der Waals surface area contributed by atoms with Crippen molar-refractivity contribution in [2.45, 2.75) is 52.5 Å². The molecule has 27 heavy (non-hydrogen) atoms. The number of benzene rings is 1. The maximum absolute atomic E-state index is 12.7. The van der Waals surface area contributed by atoms with Crippen molar-refractivity contribution in [3.63, 3.8) is 0 Å². The highest BCUT2D eigenvalue weighted by molar-refractivity contribution is 5.78. The molecular weight excluding hydrogens is 340 g/mol. The molecule has 0 spiro atoms. The second kappa shape index (κ2) is 8.21. The molecule has 0 saturated carbocycles. The van der Waals surface area contributed by atoms with Crippen LogP contribution in [-0.2, 0) is 21.5 Å². The summed E-state index contributed by atoms with van der Waals surface area (Å²) in [5.41, 5.74) is 2.48. The van der Waals surface area contributed by atoms with Gasteiger partial charge in [0.1, 0.15) is 11.6 Å². The monoisotopic (exact) mass is 370 g/mol. The lowest BCUT2D eigenvalue weighted by atomic mass is 9.74. The Balaban J connectivity index is 1.66. The molecule has 0 radical (unpaired) electrons. The fourth-order valence-electron chi connectivity index (χ4n) is 3.74. The summed E-state index contributed by atoms with van der Waals surface area (Å²) in [7, 11) is 0. The number of aromatic nitrogens is 3. The van der Waals surface area contributed by atoms with Gasteiger partial charge in [0.25, 0.3) is 0 Å². The fraction of sp³-hybridized carbons (Fsp3) is 0.571. The summed E-state index contributed by atoms with van der Waals surface area (Å²) in [5, 5.41) is 7.56.